The fourth-order valence-corrected chi connectivity index (χ4v) is 3.43. The minimum atomic E-state index is -4.39. The maximum Gasteiger partial charge on any atom is 0.494 e. The van der Waals surface area contributed by atoms with E-state index in [2.05, 4.69) is 5.32 Å². The quantitative estimate of drug-likeness (QED) is 0.825. The van der Waals surface area contributed by atoms with Crippen molar-refractivity contribution in [1.29, 1.82) is 0 Å². The molecule has 3 nitrogen and oxygen atoms in total. The Labute approximate surface area is 147 Å². The van der Waals surface area contributed by atoms with Gasteiger partial charge in [-0.25, -0.2) is 0 Å². The zero-order valence-electron chi connectivity index (χ0n) is 15.2. The first-order valence-corrected chi connectivity index (χ1v) is 8.79. The normalized spacial score (nSPS) is 23.9. The van der Waals surface area contributed by atoms with Gasteiger partial charge in [-0.3, -0.25) is 0 Å². The summed E-state index contributed by atoms with van der Waals surface area (Å²) in [6.45, 7) is 9.06. The monoisotopic (exact) mass is 355 g/mol. The summed E-state index contributed by atoms with van der Waals surface area (Å²) in [5, 5.41) is 3.20. The maximum atomic E-state index is 13.7. The SMILES string of the molecule is CC1(C)OB(c2ccc(C3CCNCC3)c(C(F)(F)F)c2)OC1(C)C. The smallest absolute Gasteiger partial charge is 0.399 e. The Kier molecular flexibility index (Phi) is 4.71. The van der Waals surface area contributed by atoms with Crippen LogP contribution in [0.5, 0.6) is 0 Å². The van der Waals surface area contributed by atoms with Crippen molar-refractivity contribution < 1.29 is 22.5 Å². The molecule has 1 aromatic rings. The highest BCUT2D eigenvalue weighted by molar-refractivity contribution is 6.62. The standard InChI is InChI=1S/C18H25BF3NO2/c1-16(2)17(3,4)25-19(24-16)13-5-6-14(12-7-9-23-10-8-12)15(11-13)18(20,21)22/h5-6,11-12,23H,7-10H2,1-4H3. The van der Waals surface area contributed by atoms with E-state index in [1.54, 1.807) is 12.1 Å². The number of alkyl halides is 3. The Morgan fingerprint density at radius 2 is 1.60 bits per heavy atom. The van der Waals surface area contributed by atoms with Gasteiger partial charge in [0.1, 0.15) is 0 Å². The summed E-state index contributed by atoms with van der Waals surface area (Å²) in [5.74, 6) is -0.0646. The lowest BCUT2D eigenvalue weighted by Crippen LogP contribution is -2.41. The molecule has 0 atom stereocenters. The first-order chi connectivity index (χ1) is 11.5. The Morgan fingerprint density at radius 1 is 1.04 bits per heavy atom. The third kappa shape index (κ3) is 3.59. The Balaban J connectivity index is 1.95. The predicted octanol–water partition coefficient (Wildman–Crippen LogP) is 3.47. The van der Waals surface area contributed by atoms with Gasteiger partial charge in [0.25, 0.3) is 0 Å². The third-order valence-electron chi connectivity index (χ3n) is 5.69. The summed E-state index contributed by atoms with van der Waals surface area (Å²) in [5.41, 5.74) is -0.919. The minimum Gasteiger partial charge on any atom is -0.399 e. The summed E-state index contributed by atoms with van der Waals surface area (Å²) in [4.78, 5) is 0. The molecule has 7 heteroatoms. The number of nitrogens with one attached hydrogen (secondary N) is 1. The fraction of sp³-hybridized carbons (Fsp3) is 0.667. The van der Waals surface area contributed by atoms with Crippen LogP contribution < -0.4 is 10.8 Å². The van der Waals surface area contributed by atoms with Crippen LogP contribution in [-0.4, -0.2) is 31.4 Å². The lowest BCUT2D eigenvalue weighted by Gasteiger charge is -2.32. The van der Waals surface area contributed by atoms with Crippen LogP contribution in [0.4, 0.5) is 13.2 Å². The molecule has 2 aliphatic rings. The third-order valence-corrected chi connectivity index (χ3v) is 5.69. The van der Waals surface area contributed by atoms with Gasteiger partial charge in [-0.2, -0.15) is 13.2 Å². The highest BCUT2D eigenvalue weighted by Crippen LogP contribution is 2.39. The first-order valence-electron chi connectivity index (χ1n) is 8.79. The van der Waals surface area contributed by atoms with Gasteiger partial charge in [-0.05, 0) is 76.6 Å². The molecule has 0 bridgehead atoms. The van der Waals surface area contributed by atoms with E-state index < -0.39 is 30.1 Å². The molecule has 1 aromatic carbocycles. The molecule has 0 aromatic heterocycles. The highest BCUT2D eigenvalue weighted by Gasteiger charge is 2.52. The molecule has 0 aliphatic carbocycles. The zero-order valence-corrected chi connectivity index (χ0v) is 15.2. The van der Waals surface area contributed by atoms with Crippen LogP contribution in [0, 0.1) is 0 Å². The molecule has 0 radical (unpaired) electrons. The van der Waals surface area contributed by atoms with Gasteiger partial charge in [0.15, 0.2) is 0 Å². The van der Waals surface area contributed by atoms with Crippen molar-refractivity contribution in [2.24, 2.45) is 0 Å². The highest BCUT2D eigenvalue weighted by atomic mass is 19.4. The average molecular weight is 355 g/mol. The lowest BCUT2D eigenvalue weighted by molar-refractivity contribution is -0.138. The van der Waals surface area contributed by atoms with Gasteiger partial charge >= 0.3 is 13.3 Å². The number of halogens is 3. The van der Waals surface area contributed by atoms with Crippen LogP contribution in [0.1, 0.15) is 57.6 Å². The van der Waals surface area contributed by atoms with Crippen LogP contribution in [0.25, 0.3) is 0 Å². The summed E-state index contributed by atoms with van der Waals surface area (Å²) < 4.78 is 52.8. The molecule has 0 spiro atoms. The number of benzene rings is 1. The second-order valence-electron chi connectivity index (χ2n) is 7.96. The van der Waals surface area contributed by atoms with Gasteiger partial charge < -0.3 is 14.6 Å². The van der Waals surface area contributed by atoms with Gasteiger partial charge in [0, 0.05) is 0 Å². The molecule has 25 heavy (non-hydrogen) atoms. The van der Waals surface area contributed by atoms with E-state index >= 15 is 0 Å². The van der Waals surface area contributed by atoms with Crippen LogP contribution in [0.3, 0.4) is 0 Å². The maximum absolute atomic E-state index is 13.7. The summed E-state index contributed by atoms with van der Waals surface area (Å²) in [6, 6.07) is 4.54. The van der Waals surface area contributed by atoms with Crippen LogP contribution in [-0.2, 0) is 15.5 Å². The van der Waals surface area contributed by atoms with Gasteiger partial charge in [-0.1, -0.05) is 12.1 Å². The van der Waals surface area contributed by atoms with E-state index in [1.165, 1.54) is 6.07 Å². The second-order valence-corrected chi connectivity index (χ2v) is 7.96. The first kappa shape index (κ1) is 18.7. The summed E-state index contributed by atoms with van der Waals surface area (Å²) >= 11 is 0. The van der Waals surface area contributed by atoms with Crippen molar-refractivity contribution in [3.63, 3.8) is 0 Å². The van der Waals surface area contributed by atoms with E-state index in [9.17, 15) is 13.2 Å². The molecule has 2 aliphatic heterocycles. The van der Waals surface area contributed by atoms with Crippen LogP contribution in [0.15, 0.2) is 18.2 Å². The lowest BCUT2D eigenvalue weighted by atomic mass is 9.76. The van der Waals surface area contributed by atoms with Crippen LogP contribution >= 0.6 is 0 Å². The van der Waals surface area contributed by atoms with Crippen molar-refractivity contribution in [2.75, 3.05) is 13.1 Å². The summed E-state index contributed by atoms with van der Waals surface area (Å²) in [6.07, 6.45) is -2.95. The molecule has 1 N–H and O–H groups in total. The van der Waals surface area contributed by atoms with Crippen molar-refractivity contribution in [2.45, 2.75) is 63.8 Å². The van der Waals surface area contributed by atoms with Gasteiger partial charge in [0.05, 0.1) is 16.8 Å². The second kappa shape index (κ2) is 6.29. The average Bonchev–Trinajstić information content (AvgIpc) is 2.75. The van der Waals surface area contributed by atoms with E-state index in [1.807, 2.05) is 27.7 Å². The van der Waals surface area contributed by atoms with Crippen molar-refractivity contribution in [3.05, 3.63) is 29.3 Å². The molecular weight excluding hydrogens is 330 g/mol. The fourth-order valence-electron chi connectivity index (χ4n) is 3.43. The molecule has 0 amide bonds. The van der Waals surface area contributed by atoms with Gasteiger partial charge in [0.2, 0.25) is 0 Å². The largest absolute Gasteiger partial charge is 0.494 e. The number of hydrogen-bond donors (Lipinski definition) is 1. The molecular formula is C18H25BF3NO2. The minimum absolute atomic E-state index is 0.0646. The van der Waals surface area contributed by atoms with Crippen molar-refractivity contribution in [1.82, 2.24) is 5.32 Å². The molecule has 0 unspecified atom stereocenters. The molecule has 2 fully saturated rings. The Bertz CT molecular complexity index is 624. The van der Waals surface area contributed by atoms with Crippen molar-refractivity contribution >= 4 is 12.6 Å². The van der Waals surface area contributed by atoms with Crippen LogP contribution in [0.2, 0.25) is 0 Å². The molecule has 2 heterocycles. The van der Waals surface area contributed by atoms with E-state index in [0.717, 1.165) is 25.9 Å². The Morgan fingerprint density at radius 3 is 2.12 bits per heavy atom. The number of hydrogen-bond acceptors (Lipinski definition) is 3. The van der Waals surface area contributed by atoms with E-state index in [4.69, 9.17) is 9.31 Å². The molecule has 3 rings (SSSR count). The van der Waals surface area contributed by atoms with E-state index in [0.29, 0.717) is 11.0 Å². The predicted molar refractivity (Wildman–Crippen MR) is 92.0 cm³/mol. The molecule has 138 valence electrons. The topological polar surface area (TPSA) is 30.5 Å². The zero-order chi connectivity index (χ0) is 18.5. The Hall–Kier alpha value is -1.05. The molecule has 0 saturated carbocycles. The van der Waals surface area contributed by atoms with E-state index in [-0.39, 0.29) is 5.92 Å². The number of rotatable bonds is 2. The number of piperidine rings is 1. The summed E-state index contributed by atoms with van der Waals surface area (Å²) in [7, 11) is -0.784. The van der Waals surface area contributed by atoms with Gasteiger partial charge in [-0.15, -0.1) is 0 Å². The van der Waals surface area contributed by atoms with Crippen molar-refractivity contribution in [3.8, 4) is 0 Å². The molecule has 2 saturated heterocycles.